The lowest BCUT2D eigenvalue weighted by molar-refractivity contribution is -0.132. The minimum Gasteiger partial charge on any atom is -0.507 e. The number of aliphatic hydroxyl groups is 1. The molecule has 1 saturated heterocycles. The van der Waals surface area contributed by atoms with Crippen molar-refractivity contribution in [2.45, 2.75) is 33.7 Å². The first-order valence-corrected chi connectivity index (χ1v) is 12.9. The second kappa shape index (κ2) is 9.04. The van der Waals surface area contributed by atoms with Crippen LogP contribution in [0.4, 0.5) is 5.13 Å². The highest BCUT2D eigenvalue weighted by molar-refractivity contribution is 7.22. The van der Waals surface area contributed by atoms with Crippen LogP contribution >= 0.6 is 34.5 Å². The van der Waals surface area contributed by atoms with Crippen LogP contribution in [0.25, 0.3) is 16.0 Å². The molecule has 1 fully saturated rings. The Morgan fingerprint density at radius 3 is 2.39 bits per heavy atom. The molecule has 4 aromatic rings. The number of carbonyl (C=O) groups is 2. The van der Waals surface area contributed by atoms with Gasteiger partial charge in [0.05, 0.1) is 31.9 Å². The topological polar surface area (TPSA) is 70.5 Å². The fourth-order valence-corrected chi connectivity index (χ4v) is 6.10. The van der Waals surface area contributed by atoms with Gasteiger partial charge in [0.2, 0.25) is 0 Å². The molecule has 5 nitrogen and oxygen atoms in total. The lowest BCUT2D eigenvalue weighted by atomic mass is 9.93. The molecule has 0 spiro atoms. The van der Waals surface area contributed by atoms with Gasteiger partial charge in [0.15, 0.2) is 5.13 Å². The fraction of sp³-hybridized carbons (Fsp3) is 0.179. The van der Waals surface area contributed by atoms with Gasteiger partial charge < -0.3 is 5.11 Å². The average molecular weight is 537 g/mol. The van der Waals surface area contributed by atoms with E-state index in [9.17, 15) is 14.7 Å². The molecule has 0 saturated carbocycles. The average Bonchev–Trinajstić information content (AvgIpc) is 3.35. The number of carbonyl (C=O) groups excluding carboxylic acids is 2. The summed E-state index contributed by atoms with van der Waals surface area (Å²) >= 11 is 13.8. The predicted molar refractivity (Wildman–Crippen MR) is 146 cm³/mol. The molecule has 0 bridgehead atoms. The summed E-state index contributed by atoms with van der Waals surface area (Å²) in [6.07, 6.45) is 0. The molecule has 5 rings (SSSR count). The van der Waals surface area contributed by atoms with E-state index in [2.05, 4.69) is 0 Å². The van der Waals surface area contributed by atoms with Gasteiger partial charge in [-0.1, -0.05) is 64.4 Å². The molecule has 182 valence electrons. The van der Waals surface area contributed by atoms with E-state index in [0.29, 0.717) is 21.3 Å². The highest BCUT2D eigenvalue weighted by Crippen LogP contribution is 2.45. The molecule has 3 aromatic carbocycles. The van der Waals surface area contributed by atoms with Crippen LogP contribution in [0, 0.1) is 27.7 Å². The second-order valence-electron chi connectivity index (χ2n) is 9.09. The number of anilines is 1. The summed E-state index contributed by atoms with van der Waals surface area (Å²) in [4.78, 5) is 33.1. The van der Waals surface area contributed by atoms with E-state index in [-0.39, 0.29) is 16.4 Å². The number of aryl methyl sites for hydroxylation is 4. The van der Waals surface area contributed by atoms with Crippen LogP contribution in [-0.2, 0) is 9.59 Å². The van der Waals surface area contributed by atoms with E-state index in [0.717, 1.165) is 32.5 Å². The molecule has 0 radical (unpaired) electrons. The third-order valence-electron chi connectivity index (χ3n) is 6.38. The molecule has 8 heteroatoms. The number of ketones is 1. The number of thiazole rings is 1. The number of amides is 1. The Morgan fingerprint density at radius 1 is 0.917 bits per heavy atom. The SMILES string of the molecule is Cc1ccc(C)c(C(O)=C2C(=O)C(=O)N(c3nc4c(C)cc(C)cc4s3)C2c2ccc(Cl)c(Cl)c2)c1. The van der Waals surface area contributed by atoms with E-state index in [1.165, 1.54) is 16.2 Å². The number of halogens is 2. The summed E-state index contributed by atoms with van der Waals surface area (Å²) in [6, 6.07) is 13.6. The third kappa shape index (κ3) is 3.99. The molecule has 1 atom stereocenters. The minimum atomic E-state index is -0.929. The summed E-state index contributed by atoms with van der Waals surface area (Å²) in [7, 11) is 0. The predicted octanol–water partition coefficient (Wildman–Crippen LogP) is 7.46. The Hall–Kier alpha value is -3.19. The molecular weight excluding hydrogens is 515 g/mol. The zero-order valence-electron chi connectivity index (χ0n) is 20.0. The van der Waals surface area contributed by atoms with Gasteiger partial charge in [-0.05, 0) is 74.2 Å². The normalized spacial score (nSPS) is 17.4. The molecule has 1 aromatic heterocycles. The van der Waals surface area contributed by atoms with Crippen LogP contribution in [0.1, 0.15) is 39.4 Å². The van der Waals surface area contributed by atoms with Crippen molar-refractivity contribution in [3.63, 3.8) is 0 Å². The van der Waals surface area contributed by atoms with Crippen molar-refractivity contribution in [2.75, 3.05) is 4.90 Å². The molecule has 1 aliphatic rings. The molecule has 1 amide bonds. The Labute approximate surface area is 222 Å². The maximum atomic E-state index is 13.5. The van der Waals surface area contributed by atoms with Crippen molar-refractivity contribution in [3.05, 3.63) is 97.5 Å². The lowest BCUT2D eigenvalue weighted by Crippen LogP contribution is -2.29. The Bertz CT molecular complexity index is 1620. The van der Waals surface area contributed by atoms with Crippen LogP contribution in [0.15, 0.2) is 54.1 Å². The van der Waals surface area contributed by atoms with Gasteiger partial charge in [0.1, 0.15) is 5.76 Å². The van der Waals surface area contributed by atoms with E-state index >= 15 is 0 Å². The number of rotatable bonds is 3. The van der Waals surface area contributed by atoms with Crippen LogP contribution < -0.4 is 4.90 Å². The first-order chi connectivity index (χ1) is 17.1. The van der Waals surface area contributed by atoms with E-state index in [1.54, 1.807) is 24.3 Å². The number of Topliss-reactive ketones (excluding diaryl/α,β-unsaturated/α-hetero) is 1. The number of fused-ring (bicyclic) bond motifs is 1. The van der Waals surface area contributed by atoms with E-state index < -0.39 is 17.7 Å². The zero-order valence-corrected chi connectivity index (χ0v) is 22.3. The highest BCUT2D eigenvalue weighted by Gasteiger charge is 2.48. The Kier molecular flexibility index (Phi) is 6.15. The molecule has 36 heavy (non-hydrogen) atoms. The summed E-state index contributed by atoms with van der Waals surface area (Å²) in [5.41, 5.74) is 5.54. The Balaban J connectivity index is 1.79. The van der Waals surface area contributed by atoms with Crippen molar-refractivity contribution in [3.8, 4) is 0 Å². The van der Waals surface area contributed by atoms with Crippen LogP contribution in [0.5, 0.6) is 0 Å². The molecule has 0 aliphatic carbocycles. The van der Waals surface area contributed by atoms with Gasteiger partial charge >= 0.3 is 5.91 Å². The molecule has 1 N–H and O–H groups in total. The highest BCUT2D eigenvalue weighted by atomic mass is 35.5. The largest absolute Gasteiger partial charge is 0.507 e. The second-order valence-corrected chi connectivity index (χ2v) is 10.9. The van der Waals surface area contributed by atoms with Gasteiger partial charge in [0.25, 0.3) is 5.78 Å². The van der Waals surface area contributed by atoms with Crippen LogP contribution in [0.2, 0.25) is 10.0 Å². The van der Waals surface area contributed by atoms with Gasteiger partial charge in [0, 0.05) is 5.56 Å². The minimum absolute atomic E-state index is 0.0146. The maximum Gasteiger partial charge on any atom is 0.301 e. The third-order valence-corrected chi connectivity index (χ3v) is 8.12. The number of nitrogens with zero attached hydrogens (tertiary/aromatic N) is 2. The number of aliphatic hydroxyl groups excluding tert-OH is 1. The van der Waals surface area contributed by atoms with Crippen molar-refractivity contribution in [1.29, 1.82) is 0 Å². The fourth-order valence-electron chi connectivity index (χ4n) is 4.63. The summed E-state index contributed by atoms with van der Waals surface area (Å²) in [6.45, 7) is 7.70. The Morgan fingerprint density at radius 2 is 1.67 bits per heavy atom. The molecular formula is C28H22Cl2N2O3S. The van der Waals surface area contributed by atoms with Crippen LogP contribution in [0.3, 0.4) is 0 Å². The van der Waals surface area contributed by atoms with Gasteiger partial charge in [-0.25, -0.2) is 4.98 Å². The van der Waals surface area contributed by atoms with Gasteiger partial charge in [-0.2, -0.15) is 0 Å². The van der Waals surface area contributed by atoms with Crippen molar-refractivity contribution < 1.29 is 14.7 Å². The van der Waals surface area contributed by atoms with Gasteiger partial charge in [-0.15, -0.1) is 0 Å². The number of hydrogen-bond acceptors (Lipinski definition) is 5. The summed E-state index contributed by atoms with van der Waals surface area (Å²) in [5, 5.41) is 12.5. The lowest BCUT2D eigenvalue weighted by Gasteiger charge is -2.23. The van der Waals surface area contributed by atoms with Crippen LogP contribution in [-0.4, -0.2) is 21.8 Å². The number of benzene rings is 3. The molecule has 1 aliphatic heterocycles. The zero-order chi connectivity index (χ0) is 25.9. The maximum absolute atomic E-state index is 13.5. The van der Waals surface area contributed by atoms with Gasteiger partial charge in [-0.3, -0.25) is 14.5 Å². The number of aromatic nitrogens is 1. The first kappa shape index (κ1) is 24.5. The van der Waals surface area contributed by atoms with Crippen molar-refractivity contribution >= 4 is 67.3 Å². The van der Waals surface area contributed by atoms with Crippen molar-refractivity contribution in [1.82, 2.24) is 4.98 Å². The van der Waals surface area contributed by atoms with E-state index in [4.69, 9.17) is 28.2 Å². The van der Waals surface area contributed by atoms with Crippen molar-refractivity contribution in [2.24, 2.45) is 0 Å². The molecule has 2 heterocycles. The monoisotopic (exact) mass is 536 g/mol. The molecule has 1 unspecified atom stereocenters. The smallest absolute Gasteiger partial charge is 0.301 e. The first-order valence-electron chi connectivity index (χ1n) is 11.3. The number of hydrogen-bond donors (Lipinski definition) is 1. The van der Waals surface area contributed by atoms with E-state index in [1.807, 2.05) is 52.0 Å². The standard InChI is InChI=1S/C28H22Cl2N2O3S/c1-13-5-6-15(3)18(10-13)25(33)22-24(17-7-8-19(29)20(30)12-17)32(27(35)26(22)34)28-31-23-16(4)9-14(2)11-21(23)36-28/h5-12,24,33H,1-4H3. The summed E-state index contributed by atoms with van der Waals surface area (Å²) < 4.78 is 0.909. The quantitative estimate of drug-likeness (QED) is 0.167. The summed E-state index contributed by atoms with van der Waals surface area (Å²) in [5.74, 6) is -1.77.